The Balaban J connectivity index is 1.71. The van der Waals surface area contributed by atoms with E-state index in [0.29, 0.717) is 23.9 Å². The van der Waals surface area contributed by atoms with Gasteiger partial charge in [-0.2, -0.15) is 5.10 Å². The van der Waals surface area contributed by atoms with Gasteiger partial charge in [-0.15, -0.1) is 0 Å². The molecule has 2 heterocycles. The number of amides is 1. The number of anilines is 1. The Morgan fingerprint density at radius 2 is 2.00 bits per heavy atom. The number of ether oxygens (including phenoxy) is 1. The maximum absolute atomic E-state index is 12.3. The fraction of sp³-hybridized carbons (Fsp3) is 0.278. The number of methoxy groups -OCH3 is 1. The largest absolute Gasteiger partial charge is 0.377 e. The van der Waals surface area contributed by atoms with E-state index in [0.717, 1.165) is 17.0 Å². The molecule has 0 unspecified atom stereocenters. The molecule has 7 heteroatoms. The van der Waals surface area contributed by atoms with Crippen LogP contribution in [0.2, 0.25) is 0 Å². The topological polar surface area (TPSA) is 84.8 Å². The van der Waals surface area contributed by atoms with Crippen LogP contribution in [-0.2, 0) is 22.7 Å². The van der Waals surface area contributed by atoms with Crippen molar-refractivity contribution in [3.63, 3.8) is 0 Å². The van der Waals surface area contributed by atoms with Crippen LogP contribution in [0, 0.1) is 13.8 Å². The number of aromatic nitrogens is 4. The minimum atomic E-state index is -0.0744. The number of carbonyl (C=O) groups is 1. The molecule has 0 aliphatic rings. The van der Waals surface area contributed by atoms with E-state index in [9.17, 15) is 4.79 Å². The number of H-pyrrole nitrogens is 1. The standard InChI is InChI=1S/C18H21N5O2/c1-12-7-8-13(2)23(12)10-17(24)19-15-6-4-5-14(9-15)18-20-16(11-25-3)21-22-18/h4-9H,10-11H2,1-3H3,(H,19,24)(H,20,21,22). The molecule has 0 fully saturated rings. The zero-order valence-electron chi connectivity index (χ0n) is 14.5. The predicted molar refractivity (Wildman–Crippen MR) is 95.1 cm³/mol. The van der Waals surface area contributed by atoms with Gasteiger partial charge in [-0.3, -0.25) is 9.89 Å². The Kier molecular flexibility index (Phi) is 4.95. The second-order valence-corrected chi connectivity index (χ2v) is 5.87. The Morgan fingerprint density at radius 1 is 1.24 bits per heavy atom. The highest BCUT2D eigenvalue weighted by atomic mass is 16.5. The average Bonchev–Trinajstić information content (AvgIpc) is 3.18. The van der Waals surface area contributed by atoms with Gasteiger partial charge in [0, 0.05) is 29.7 Å². The van der Waals surface area contributed by atoms with Crippen LogP contribution >= 0.6 is 0 Å². The van der Waals surface area contributed by atoms with Crippen molar-refractivity contribution in [3.8, 4) is 11.4 Å². The molecule has 0 saturated carbocycles. The van der Waals surface area contributed by atoms with Gasteiger partial charge in [-0.1, -0.05) is 12.1 Å². The van der Waals surface area contributed by atoms with Gasteiger partial charge in [0.05, 0.1) is 0 Å². The summed E-state index contributed by atoms with van der Waals surface area (Å²) >= 11 is 0. The number of nitrogens with zero attached hydrogens (tertiary/aromatic N) is 3. The van der Waals surface area contributed by atoms with Crippen LogP contribution < -0.4 is 5.32 Å². The Labute approximate surface area is 146 Å². The van der Waals surface area contributed by atoms with Crippen LogP contribution in [0.5, 0.6) is 0 Å². The summed E-state index contributed by atoms with van der Waals surface area (Å²) in [5, 5.41) is 9.93. The first kappa shape index (κ1) is 16.9. The van der Waals surface area contributed by atoms with Crippen LogP contribution in [-0.4, -0.2) is 32.8 Å². The highest BCUT2D eigenvalue weighted by Crippen LogP contribution is 2.19. The summed E-state index contributed by atoms with van der Waals surface area (Å²) < 4.78 is 7.01. The first-order valence-electron chi connectivity index (χ1n) is 8.00. The number of benzene rings is 1. The molecule has 3 aromatic rings. The van der Waals surface area contributed by atoms with Gasteiger partial charge in [-0.05, 0) is 38.1 Å². The van der Waals surface area contributed by atoms with E-state index in [1.165, 1.54) is 0 Å². The lowest BCUT2D eigenvalue weighted by Gasteiger charge is -2.10. The lowest BCUT2D eigenvalue weighted by molar-refractivity contribution is -0.116. The van der Waals surface area contributed by atoms with E-state index >= 15 is 0 Å². The summed E-state index contributed by atoms with van der Waals surface area (Å²) in [6.07, 6.45) is 0. The van der Waals surface area contributed by atoms with Gasteiger partial charge < -0.3 is 14.6 Å². The first-order chi connectivity index (χ1) is 12.1. The van der Waals surface area contributed by atoms with Crippen molar-refractivity contribution in [1.29, 1.82) is 0 Å². The van der Waals surface area contributed by atoms with E-state index in [4.69, 9.17) is 4.74 Å². The van der Waals surface area contributed by atoms with Gasteiger partial charge in [0.25, 0.3) is 0 Å². The molecule has 1 aromatic carbocycles. The van der Waals surface area contributed by atoms with Crippen molar-refractivity contribution in [2.75, 3.05) is 12.4 Å². The summed E-state index contributed by atoms with van der Waals surface area (Å²) in [4.78, 5) is 16.7. The molecular formula is C18H21N5O2. The van der Waals surface area contributed by atoms with Crippen LogP contribution in [0.15, 0.2) is 36.4 Å². The molecule has 1 amide bonds. The van der Waals surface area contributed by atoms with E-state index < -0.39 is 0 Å². The Hall–Kier alpha value is -2.93. The van der Waals surface area contributed by atoms with Crippen LogP contribution in [0.4, 0.5) is 5.69 Å². The van der Waals surface area contributed by atoms with Crippen LogP contribution in [0.1, 0.15) is 17.2 Å². The summed E-state index contributed by atoms with van der Waals surface area (Å²) in [6, 6.07) is 11.5. The second kappa shape index (κ2) is 7.31. The van der Waals surface area contributed by atoms with E-state index in [2.05, 4.69) is 20.5 Å². The monoisotopic (exact) mass is 339 g/mol. The fourth-order valence-electron chi connectivity index (χ4n) is 2.65. The fourth-order valence-corrected chi connectivity index (χ4v) is 2.65. The molecule has 2 aromatic heterocycles. The second-order valence-electron chi connectivity index (χ2n) is 5.87. The quantitative estimate of drug-likeness (QED) is 0.723. The Morgan fingerprint density at radius 3 is 2.72 bits per heavy atom. The number of aryl methyl sites for hydroxylation is 2. The predicted octanol–water partition coefficient (Wildman–Crippen LogP) is 2.68. The summed E-state index contributed by atoms with van der Waals surface area (Å²) in [7, 11) is 1.60. The van der Waals surface area contributed by atoms with Crippen molar-refractivity contribution >= 4 is 11.6 Å². The minimum absolute atomic E-state index is 0.0744. The average molecular weight is 339 g/mol. The molecule has 0 aliphatic carbocycles. The molecule has 0 saturated heterocycles. The number of hydrogen-bond acceptors (Lipinski definition) is 4. The molecule has 130 valence electrons. The number of nitrogens with one attached hydrogen (secondary N) is 2. The lowest BCUT2D eigenvalue weighted by atomic mass is 10.2. The third kappa shape index (κ3) is 3.95. The molecule has 0 radical (unpaired) electrons. The zero-order valence-corrected chi connectivity index (χ0v) is 14.5. The van der Waals surface area contributed by atoms with E-state index in [-0.39, 0.29) is 12.5 Å². The summed E-state index contributed by atoms with van der Waals surface area (Å²) in [6.45, 7) is 4.63. The normalized spacial score (nSPS) is 10.8. The van der Waals surface area contributed by atoms with Gasteiger partial charge in [0.2, 0.25) is 5.91 Å². The molecule has 0 aliphatic heterocycles. The highest BCUT2D eigenvalue weighted by molar-refractivity contribution is 5.91. The number of carbonyl (C=O) groups excluding carboxylic acids is 1. The van der Waals surface area contributed by atoms with E-state index in [1.807, 2.05) is 54.8 Å². The molecular weight excluding hydrogens is 318 g/mol. The molecule has 3 rings (SSSR count). The van der Waals surface area contributed by atoms with Gasteiger partial charge >= 0.3 is 0 Å². The van der Waals surface area contributed by atoms with E-state index in [1.54, 1.807) is 7.11 Å². The molecule has 25 heavy (non-hydrogen) atoms. The van der Waals surface area contributed by atoms with Crippen molar-refractivity contribution in [2.45, 2.75) is 27.0 Å². The molecule has 0 bridgehead atoms. The SMILES string of the molecule is COCc1nc(-c2cccc(NC(=O)Cn3c(C)ccc3C)c2)n[nH]1. The minimum Gasteiger partial charge on any atom is -0.377 e. The third-order valence-electron chi connectivity index (χ3n) is 3.94. The highest BCUT2D eigenvalue weighted by Gasteiger charge is 2.10. The van der Waals surface area contributed by atoms with Crippen LogP contribution in [0.25, 0.3) is 11.4 Å². The van der Waals surface area contributed by atoms with Gasteiger partial charge in [0.15, 0.2) is 11.6 Å². The molecule has 0 spiro atoms. The van der Waals surface area contributed by atoms with Crippen molar-refractivity contribution in [2.24, 2.45) is 0 Å². The zero-order chi connectivity index (χ0) is 17.8. The van der Waals surface area contributed by atoms with Gasteiger partial charge in [0.1, 0.15) is 13.2 Å². The molecule has 2 N–H and O–H groups in total. The number of aromatic amines is 1. The van der Waals surface area contributed by atoms with Crippen LogP contribution in [0.3, 0.4) is 0 Å². The van der Waals surface area contributed by atoms with Crippen molar-refractivity contribution in [1.82, 2.24) is 19.7 Å². The maximum Gasteiger partial charge on any atom is 0.244 e. The third-order valence-corrected chi connectivity index (χ3v) is 3.94. The Bertz CT molecular complexity index is 862. The first-order valence-corrected chi connectivity index (χ1v) is 8.00. The van der Waals surface area contributed by atoms with Crippen molar-refractivity contribution < 1.29 is 9.53 Å². The number of hydrogen-bond donors (Lipinski definition) is 2. The van der Waals surface area contributed by atoms with Gasteiger partial charge in [-0.25, -0.2) is 4.98 Å². The van der Waals surface area contributed by atoms with Crippen molar-refractivity contribution in [3.05, 3.63) is 53.6 Å². The molecule has 7 nitrogen and oxygen atoms in total. The maximum atomic E-state index is 12.3. The summed E-state index contributed by atoms with van der Waals surface area (Å²) in [5.74, 6) is 1.15. The smallest absolute Gasteiger partial charge is 0.244 e. The number of rotatable bonds is 6. The molecule has 0 atom stereocenters. The summed E-state index contributed by atoms with van der Waals surface area (Å²) in [5.41, 5.74) is 3.66. The lowest BCUT2D eigenvalue weighted by Crippen LogP contribution is -2.20.